The van der Waals surface area contributed by atoms with Gasteiger partial charge in [0.05, 0.1) is 45.6 Å². The summed E-state index contributed by atoms with van der Waals surface area (Å²) in [5.74, 6) is -0.524. The molecular formula is C87H60N16O2. The molecule has 18 rings (SSSR count). The predicted molar refractivity (Wildman–Crippen MR) is 419 cm³/mol. The molecule has 18 nitrogen and oxygen atoms in total. The molecule has 105 heavy (non-hydrogen) atoms. The molecule has 18 heteroatoms. The number of carbonyl (C=O) groups excluding carboxylic acids is 2. The van der Waals surface area contributed by atoms with Gasteiger partial charge in [0.15, 0.2) is 0 Å². The predicted octanol–water partition coefficient (Wildman–Crippen LogP) is 19.1. The Balaban J connectivity index is 0.698. The van der Waals surface area contributed by atoms with Gasteiger partial charge in [-0.05, 0) is 222 Å². The monoisotopic (exact) mass is 1360 g/mol. The molecule has 0 spiro atoms. The number of carbonyl (C=O) groups is 2. The summed E-state index contributed by atoms with van der Waals surface area (Å²) in [6, 6.07) is 55.9. The van der Waals surface area contributed by atoms with Crippen molar-refractivity contribution in [2.75, 3.05) is 10.6 Å². The largest absolute Gasteiger partial charge is 0.354 e. The van der Waals surface area contributed by atoms with Crippen molar-refractivity contribution in [1.82, 2.24) is 69.8 Å². The van der Waals surface area contributed by atoms with Gasteiger partial charge in [-0.25, -0.2) is 19.9 Å². The van der Waals surface area contributed by atoms with Crippen LogP contribution >= 0.6 is 0 Å². The third-order valence-electron chi connectivity index (χ3n) is 19.1. The van der Waals surface area contributed by atoms with Crippen molar-refractivity contribution < 1.29 is 9.59 Å². The third-order valence-corrected chi connectivity index (χ3v) is 19.1. The summed E-state index contributed by atoms with van der Waals surface area (Å²) in [4.78, 5) is 92.3. The fourth-order valence-electron chi connectivity index (χ4n) is 14.4. The molecule has 0 saturated carbocycles. The average molecular weight is 1360 g/mol. The molecule has 16 heterocycles. The van der Waals surface area contributed by atoms with Gasteiger partial charge in [0.25, 0.3) is 0 Å². The number of benzene rings is 2. The van der Waals surface area contributed by atoms with E-state index in [2.05, 4.69) is 121 Å². The Kier molecular flexibility index (Phi) is 16.2. The minimum Gasteiger partial charge on any atom is -0.354 e. The molecule has 0 saturated heterocycles. The topological polar surface area (TPSA) is 250 Å². The van der Waals surface area contributed by atoms with Crippen molar-refractivity contribution in [3.63, 3.8) is 0 Å². The van der Waals surface area contributed by atoms with Crippen LogP contribution in [0.3, 0.4) is 0 Å². The van der Waals surface area contributed by atoms with Gasteiger partial charge in [-0.15, -0.1) is 0 Å². The second kappa shape index (κ2) is 27.2. The van der Waals surface area contributed by atoms with Crippen molar-refractivity contribution in [2.45, 2.75) is 19.3 Å². The summed E-state index contributed by atoms with van der Waals surface area (Å²) in [5.41, 5.74) is 27.3. The molecule has 0 aliphatic carbocycles. The first-order chi connectivity index (χ1) is 51.9. The van der Waals surface area contributed by atoms with Gasteiger partial charge in [-0.1, -0.05) is 36.4 Å². The van der Waals surface area contributed by atoms with E-state index in [1.165, 1.54) is 0 Å². The second-order valence-corrected chi connectivity index (χ2v) is 25.5. The molecule has 500 valence electrons. The Morgan fingerprint density at radius 3 is 0.676 bits per heavy atom. The van der Waals surface area contributed by atoms with E-state index in [1.54, 1.807) is 74.4 Å². The van der Waals surface area contributed by atoms with Gasteiger partial charge in [0, 0.05) is 198 Å². The van der Waals surface area contributed by atoms with E-state index in [0.717, 1.165) is 167 Å². The first-order valence-electron chi connectivity index (χ1n) is 34.4. The van der Waals surface area contributed by atoms with Crippen LogP contribution in [0.15, 0.2) is 244 Å². The van der Waals surface area contributed by atoms with E-state index in [-0.39, 0.29) is 31.1 Å². The van der Waals surface area contributed by atoms with Crippen LogP contribution in [0, 0.1) is 0 Å². The SMILES string of the molecule is O=C(CCCC(=O)Nc1ccccc1-c1c2nc(c(-c3ccncc3)c3ccc([nH]3)c(-c3ccncc3)c3nc(c(-c4ccncc4)c4ccc1[nH]4)C=C3)C=C2)Nc1ccccc1-c1c2nc(c(-c3ccncc3)c3ccc([nH]3)c(-c3ccncc3)c3nc(c(-c4ccncc4)c4ccc1[nH]4)C=C3)C=C2. The lowest BCUT2D eigenvalue weighted by molar-refractivity contribution is -0.117. The van der Waals surface area contributed by atoms with Crippen LogP contribution < -0.4 is 10.6 Å². The maximum absolute atomic E-state index is 14.6. The fraction of sp³-hybridized carbons (Fsp3) is 0.0345. The second-order valence-electron chi connectivity index (χ2n) is 25.5. The molecule has 12 aromatic heterocycles. The minimum atomic E-state index is -0.262. The van der Waals surface area contributed by atoms with Crippen LogP contribution in [0.4, 0.5) is 11.4 Å². The molecule has 6 N–H and O–H groups in total. The van der Waals surface area contributed by atoms with E-state index in [1.807, 2.05) is 158 Å². The maximum atomic E-state index is 14.6. The average Bonchev–Trinajstić information content (AvgIpc) is 1.64. The molecule has 0 fully saturated rings. The summed E-state index contributed by atoms with van der Waals surface area (Å²) in [7, 11) is 0. The quantitative estimate of drug-likeness (QED) is 0.0595. The van der Waals surface area contributed by atoms with Crippen molar-refractivity contribution in [3.8, 4) is 89.0 Å². The number of rotatable bonds is 14. The zero-order valence-corrected chi connectivity index (χ0v) is 56.1. The van der Waals surface area contributed by atoms with Crippen LogP contribution in [0.2, 0.25) is 0 Å². The van der Waals surface area contributed by atoms with Gasteiger partial charge in [0.2, 0.25) is 11.8 Å². The summed E-state index contributed by atoms with van der Waals surface area (Å²) in [6.45, 7) is 0. The van der Waals surface area contributed by atoms with Crippen LogP contribution in [-0.2, 0) is 9.59 Å². The summed E-state index contributed by atoms with van der Waals surface area (Å²) < 4.78 is 0. The molecule has 0 unspecified atom stereocenters. The number of fused-ring (bicyclic) bond motifs is 16. The first kappa shape index (κ1) is 62.7. The van der Waals surface area contributed by atoms with Gasteiger partial charge < -0.3 is 30.6 Å². The number of nitrogens with one attached hydrogen (secondary N) is 6. The molecule has 14 aromatic rings. The molecule has 0 atom stereocenters. The minimum absolute atomic E-state index is 0.0479. The Morgan fingerprint density at radius 2 is 0.448 bits per heavy atom. The normalized spacial score (nSPS) is 12.0. The van der Waals surface area contributed by atoms with Crippen LogP contribution in [0.25, 0.3) is 182 Å². The van der Waals surface area contributed by atoms with Crippen molar-refractivity contribution >= 4 is 116 Å². The number of hydrogen-bond acceptors (Lipinski definition) is 12. The molecule has 2 aromatic carbocycles. The Labute approximate surface area is 600 Å². The van der Waals surface area contributed by atoms with E-state index in [4.69, 9.17) is 19.9 Å². The van der Waals surface area contributed by atoms with Gasteiger partial charge >= 0.3 is 0 Å². The van der Waals surface area contributed by atoms with E-state index < -0.39 is 0 Å². The number of aromatic nitrogens is 14. The number of para-hydroxylation sites is 2. The number of pyridine rings is 6. The Bertz CT molecular complexity index is 5820. The molecule has 4 aliphatic heterocycles. The van der Waals surface area contributed by atoms with Crippen molar-refractivity contribution in [1.29, 1.82) is 0 Å². The lowest BCUT2D eigenvalue weighted by Crippen LogP contribution is -2.15. The van der Waals surface area contributed by atoms with Gasteiger partial charge in [-0.2, -0.15) is 0 Å². The number of amides is 2. The van der Waals surface area contributed by atoms with Gasteiger partial charge in [0.1, 0.15) is 0 Å². The van der Waals surface area contributed by atoms with Crippen molar-refractivity contribution in [3.05, 3.63) is 290 Å². The Hall–Kier alpha value is -14.5. The highest BCUT2D eigenvalue weighted by Gasteiger charge is 2.24. The summed E-state index contributed by atoms with van der Waals surface area (Å²) in [6.07, 6.45) is 38.1. The third kappa shape index (κ3) is 12.1. The molecule has 0 radical (unpaired) electrons. The van der Waals surface area contributed by atoms with Crippen LogP contribution in [0.5, 0.6) is 0 Å². The molecule has 2 amide bonds. The van der Waals surface area contributed by atoms with E-state index in [9.17, 15) is 9.59 Å². The first-order valence-corrected chi connectivity index (χ1v) is 34.4. The van der Waals surface area contributed by atoms with Crippen molar-refractivity contribution in [2.24, 2.45) is 0 Å². The highest BCUT2D eigenvalue weighted by Crippen LogP contribution is 2.43. The molecular weight excluding hydrogens is 1300 g/mol. The zero-order chi connectivity index (χ0) is 70.2. The number of anilines is 2. The number of nitrogens with zero attached hydrogens (tertiary/aromatic N) is 10. The highest BCUT2D eigenvalue weighted by molar-refractivity contribution is 6.06. The van der Waals surface area contributed by atoms with Crippen LogP contribution in [0.1, 0.15) is 64.8 Å². The number of aromatic amines is 4. The number of hydrogen-bond donors (Lipinski definition) is 6. The van der Waals surface area contributed by atoms with E-state index >= 15 is 0 Å². The Morgan fingerprint density at radius 1 is 0.248 bits per heavy atom. The number of H-pyrrole nitrogens is 4. The standard InChI is InChI=1S/C87H60N16O2/c104-78(102-60-8-3-1-6-58(60)86-74-24-20-70(98-74)82(54-32-44-90-45-33-54)66-16-12-62(94-66)80(52-28-40-88-41-29-52)63-13-17-67(95-63)83(55-34-46-91-47-35-55)71-21-25-75(86)99-71)10-5-11-79(105)103-61-9-4-2-7-59(61)87-76-26-22-72(100-76)84(56-36-48-92-49-37-56)68-18-14-64(96-68)81(53-30-42-89-43-31-53)65-15-19-69(97-65)85(57-38-50-93-51-39-57)73-23-27-77(87)101-73/h1-4,6-9,12-51,94,96,99,101H,5,10-11H2,(H,102,104)(H,103,105). The van der Waals surface area contributed by atoms with Crippen LogP contribution in [-0.4, -0.2) is 81.6 Å². The molecule has 4 aliphatic rings. The maximum Gasteiger partial charge on any atom is 0.224 e. The summed E-state index contributed by atoms with van der Waals surface area (Å²) in [5, 5.41) is 6.52. The molecule has 16 bridgehead atoms. The summed E-state index contributed by atoms with van der Waals surface area (Å²) >= 11 is 0. The van der Waals surface area contributed by atoms with E-state index in [0.29, 0.717) is 22.8 Å². The lowest BCUT2D eigenvalue weighted by Gasteiger charge is -2.14. The zero-order valence-electron chi connectivity index (χ0n) is 56.1. The van der Waals surface area contributed by atoms with Gasteiger partial charge in [-0.3, -0.25) is 39.5 Å². The highest BCUT2D eigenvalue weighted by atomic mass is 16.2. The smallest absolute Gasteiger partial charge is 0.224 e. The fourth-order valence-corrected chi connectivity index (χ4v) is 14.4. The lowest BCUT2D eigenvalue weighted by atomic mass is 10.0.